The van der Waals surface area contributed by atoms with E-state index in [9.17, 15) is 9.90 Å². The predicted molar refractivity (Wildman–Crippen MR) is 82.4 cm³/mol. The van der Waals surface area contributed by atoms with E-state index in [0.717, 1.165) is 37.7 Å². The zero-order valence-corrected chi connectivity index (χ0v) is 12.4. The molecule has 1 aliphatic carbocycles. The van der Waals surface area contributed by atoms with Crippen LogP contribution < -0.4 is 0 Å². The Balaban J connectivity index is 1.53. The molecule has 2 fully saturated rings. The van der Waals surface area contributed by atoms with Gasteiger partial charge in [0.2, 0.25) is 0 Å². The number of aliphatic carboxylic acids is 1. The average Bonchev–Trinajstić information content (AvgIpc) is 3.31. The molecule has 1 aromatic carbocycles. The molecule has 1 saturated heterocycles. The van der Waals surface area contributed by atoms with E-state index >= 15 is 0 Å². The van der Waals surface area contributed by atoms with Gasteiger partial charge in [0, 0.05) is 39.3 Å². The third-order valence-electron chi connectivity index (χ3n) is 4.62. The molecule has 4 nitrogen and oxygen atoms in total. The van der Waals surface area contributed by atoms with Gasteiger partial charge in [0.25, 0.3) is 0 Å². The molecular formula is C17H24N2O2. The third kappa shape index (κ3) is 4.05. The lowest BCUT2D eigenvalue weighted by Gasteiger charge is -2.35. The molecule has 0 aromatic heterocycles. The quantitative estimate of drug-likeness (QED) is 0.868. The third-order valence-corrected chi connectivity index (χ3v) is 4.62. The summed E-state index contributed by atoms with van der Waals surface area (Å²) in [4.78, 5) is 16.4. The first-order chi connectivity index (χ1) is 10.2. The Hall–Kier alpha value is -1.39. The predicted octanol–water partition coefficient (Wildman–Crippen LogP) is 1.88. The van der Waals surface area contributed by atoms with Crippen LogP contribution in [0.15, 0.2) is 30.3 Å². The number of carboxylic acids is 1. The zero-order valence-electron chi connectivity index (χ0n) is 12.4. The van der Waals surface area contributed by atoms with Crippen molar-refractivity contribution in [1.82, 2.24) is 9.80 Å². The van der Waals surface area contributed by atoms with Crippen molar-refractivity contribution in [2.24, 2.45) is 5.92 Å². The van der Waals surface area contributed by atoms with E-state index in [1.807, 2.05) is 30.3 Å². The summed E-state index contributed by atoms with van der Waals surface area (Å²) in [5, 5.41) is 9.50. The second-order valence-corrected chi connectivity index (χ2v) is 6.35. The van der Waals surface area contributed by atoms with Crippen molar-refractivity contribution in [2.45, 2.75) is 18.8 Å². The minimum atomic E-state index is -0.721. The van der Waals surface area contributed by atoms with Crippen LogP contribution in [-0.4, -0.2) is 60.1 Å². The molecule has 1 saturated carbocycles. The molecule has 3 rings (SSSR count). The number of carbonyl (C=O) groups is 1. The van der Waals surface area contributed by atoms with E-state index in [4.69, 9.17) is 0 Å². The highest BCUT2D eigenvalue weighted by Crippen LogP contribution is 2.30. The molecule has 1 heterocycles. The van der Waals surface area contributed by atoms with Crippen LogP contribution in [0.4, 0.5) is 0 Å². The fraction of sp³-hybridized carbons (Fsp3) is 0.588. The number of piperazine rings is 1. The summed E-state index contributed by atoms with van der Waals surface area (Å²) in [7, 11) is 0. The van der Waals surface area contributed by atoms with Gasteiger partial charge >= 0.3 is 5.97 Å². The standard InChI is InChI=1S/C17H24N2O2/c20-17(21)16(15-4-2-1-3-5-15)13-19-10-8-18(9-11-19)12-14-6-7-14/h1-5,14,16H,6-13H2,(H,20,21). The lowest BCUT2D eigenvalue weighted by atomic mass is 9.98. The van der Waals surface area contributed by atoms with Crippen molar-refractivity contribution in [3.8, 4) is 0 Å². The molecule has 4 heteroatoms. The normalized spacial score (nSPS) is 22.1. The van der Waals surface area contributed by atoms with Crippen molar-refractivity contribution in [3.05, 3.63) is 35.9 Å². The molecule has 2 aliphatic rings. The summed E-state index contributed by atoms with van der Waals surface area (Å²) in [6.07, 6.45) is 2.80. The lowest BCUT2D eigenvalue weighted by Crippen LogP contribution is -2.48. The Kier molecular flexibility index (Phi) is 4.56. The van der Waals surface area contributed by atoms with Gasteiger partial charge in [-0.1, -0.05) is 30.3 Å². The number of hydrogen-bond acceptors (Lipinski definition) is 3. The van der Waals surface area contributed by atoms with Gasteiger partial charge in [0.1, 0.15) is 0 Å². The molecule has 0 radical (unpaired) electrons. The second-order valence-electron chi connectivity index (χ2n) is 6.35. The van der Waals surface area contributed by atoms with E-state index in [1.54, 1.807) is 0 Å². The largest absolute Gasteiger partial charge is 0.481 e. The Morgan fingerprint density at radius 2 is 1.71 bits per heavy atom. The van der Waals surface area contributed by atoms with Crippen LogP contribution in [0.1, 0.15) is 24.3 Å². The summed E-state index contributed by atoms with van der Waals surface area (Å²) in [6.45, 7) is 6.01. The van der Waals surface area contributed by atoms with Crippen LogP contribution in [0.2, 0.25) is 0 Å². The Bertz CT molecular complexity index is 465. The van der Waals surface area contributed by atoms with Gasteiger partial charge < -0.3 is 10.0 Å². The molecule has 1 atom stereocenters. The van der Waals surface area contributed by atoms with Gasteiger partial charge in [-0.15, -0.1) is 0 Å². The van der Waals surface area contributed by atoms with Gasteiger partial charge in [0.15, 0.2) is 0 Å². The molecule has 0 bridgehead atoms. The van der Waals surface area contributed by atoms with Gasteiger partial charge in [0.05, 0.1) is 5.92 Å². The van der Waals surface area contributed by atoms with Crippen molar-refractivity contribution >= 4 is 5.97 Å². The summed E-state index contributed by atoms with van der Waals surface area (Å²) < 4.78 is 0. The van der Waals surface area contributed by atoms with E-state index < -0.39 is 11.9 Å². The maximum Gasteiger partial charge on any atom is 0.312 e. The Labute approximate surface area is 126 Å². The van der Waals surface area contributed by atoms with E-state index in [-0.39, 0.29) is 0 Å². The highest BCUT2D eigenvalue weighted by atomic mass is 16.4. The molecule has 114 valence electrons. The molecule has 1 aliphatic heterocycles. The first-order valence-corrected chi connectivity index (χ1v) is 7.95. The monoisotopic (exact) mass is 288 g/mol. The summed E-state index contributed by atoms with van der Waals surface area (Å²) >= 11 is 0. The van der Waals surface area contributed by atoms with Crippen LogP contribution in [-0.2, 0) is 4.79 Å². The molecule has 0 spiro atoms. The van der Waals surface area contributed by atoms with Crippen LogP contribution in [0.3, 0.4) is 0 Å². The average molecular weight is 288 g/mol. The van der Waals surface area contributed by atoms with Crippen molar-refractivity contribution in [3.63, 3.8) is 0 Å². The summed E-state index contributed by atoms with van der Waals surface area (Å²) in [5.41, 5.74) is 0.908. The molecule has 0 amide bonds. The molecule has 21 heavy (non-hydrogen) atoms. The first-order valence-electron chi connectivity index (χ1n) is 7.95. The fourth-order valence-electron chi connectivity index (χ4n) is 3.09. The Morgan fingerprint density at radius 1 is 1.10 bits per heavy atom. The number of rotatable bonds is 6. The van der Waals surface area contributed by atoms with E-state index in [1.165, 1.54) is 19.4 Å². The highest BCUT2D eigenvalue weighted by molar-refractivity contribution is 5.76. The van der Waals surface area contributed by atoms with Gasteiger partial charge in [-0.3, -0.25) is 9.69 Å². The number of nitrogens with zero attached hydrogens (tertiary/aromatic N) is 2. The van der Waals surface area contributed by atoms with E-state index in [2.05, 4.69) is 9.80 Å². The van der Waals surface area contributed by atoms with E-state index in [0.29, 0.717) is 6.54 Å². The zero-order chi connectivity index (χ0) is 14.7. The first kappa shape index (κ1) is 14.5. The number of carboxylic acid groups (broad SMARTS) is 1. The SMILES string of the molecule is O=C(O)C(CN1CCN(CC2CC2)CC1)c1ccccc1. The Morgan fingerprint density at radius 3 is 2.29 bits per heavy atom. The van der Waals surface area contributed by atoms with Crippen LogP contribution in [0.5, 0.6) is 0 Å². The maximum atomic E-state index is 11.6. The fourth-order valence-corrected chi connectivity index (χ4v) is 3.09. The van der Waals surface area contributed by atoms with Crippen LogP contribution >= 0.6 is 0 Å². The number of hydrogen-bond donors (Lipinski definition) is 1. The van der Waals surface area contributed by atoms with Gasteiger partial charge in [-0.2, -0.15) is 0 Å². The van der Waals surface area contributed by atoms with Crippen molar-refractivity contribution in [1.29, 1.82) is 0 Å². The van der Waals surface area contributed by atoms with Gasteiger partial charge in [-0.05, 0) is 24.3 Å². The van der Waals surface area contributed by atoms with Crippen LogP contribution in [0, 0.1) is 5.92 Å². The highest BCUT2D eigenvalue weighted by Gasteiger charge is 2.28. The summed E-state index contributed by atoms with van der Waals surface area (Å²) in [6, 6.07) is 9.60. The smallest absolute Gasteiger partial charge is 0.312 e. The topological polar surface area (TPSA) is 43.8 Å². The number of benzene rings is 1. The summed E-state index contributed by atoms with van der Waals surface area (Å²) in [5.74, 6) is -0.199. The minimum absolute atomic E-state index is 0.416. The van der Waals surface area contributed by atoms with Crippen molar-refractivity contribution < 1.29 is 9.90 Å². The van der Waals surface area contributed by atoms with Crippen molar-refractivity contribution in [2.75, 3.05) is 39.3 Å². The lowest BCUT2D eigenvalue weighted by molar-refractivity contribution is -0.139. The van der Waals surface area contributed by atoms with Crippen LogP contribution in [0.25, 0.3) is 0 Å². The minimum Gasteiger partial charge on any atom is -0.481 e. The molecule has 1 N–H and O–H groups in total. The second kappa shape index (κ2) is 6.58. The molecular weight excluding hydrogens is 264 g/mol. The van der Waals surface area contributed by atoms with Gasteiger partial charge in [-0.25, -0.2) is 0 Å². The maximum absolute atomic E-state index is 11.6. The molecule has 1 unspecified atom stereocenters. The molecule has 1 aromatic rings.